The lowest BCUT2D eigenvalue weighted by Crippen LogP contribution is -2.06. The third-order valence-corrected chi connectivity index (χ3v) is 3.08. The van der Waals surface area contributed by atoms with Crippen molar-refractivity contribution in [3.63, 3.8) is 0 Å². The van der Waals surface area contributed by atoms with Crippen LogP contribution in [0, 0.1) is 0 Å². The van der Waals surface area contributed by atoms with Crippen molar-refractivity contribution in [1.82, 2.24) is 9.97 Å². The van der Waals surface area contributed by atoms with Gasteiger partial charge in [-0.2, -0.15) is 0 Å². The first-order chi connectivity index (χ1) is 9.65. The third kappa shape index (κ3) is 3.03. The molecule has 20 heavy (non-hydrogen) atoms. The molecule has 1 aromatic carbocycles. The van der Waals surface area contributed by atoms with Crippen molar-refractivity contribution in [2.75, 3.05) is 25.3 Å². The van der Waals surface area contributed by atoms with Gasteiger partial charge in [-0.25, -0.2) is 9.97 Å². The molecule has 106 valence electrons. The maximum Gasteiger partial charge on any atom is 0.157 e. The number of rotatable bonds is 5. The first kappa shape index (κ1) is 14.2. The van der Waals surface area contributed by atoms with E-state index in [9.17, 15) is 0 Å². The van der Waals surface area contributed by atoms with Crippen LogP contribution < -0.4 is 20.5 Å². The molecular weight excluding hydrogens is 280 g/mol. The molecule has 0 spiro atoms. The summed E-state index contributed by atoms with van der Waals surface area (Å²) in [6.07, 6.45) is 1.35. The van der Waals surface area contributed by atoms with Gasteiger partial charge in [0.2, 0.25) is 0 Å². The van der Waals surface area contributed by atoms with Gasteiger partial charge in [0.1, 0.15) is 23.5 Å². The standard InChI is InChI=1S/C13H15ClN4O2/c1-19-9-4-3-8(10(5-9)20-2)6-16-13-11(15)12(14)17-7-18-13/h3-5,7H,6,15H2,1-2H3,(H,16,17,18). The Labute approximate surface area is 121 Å². The van der Waals surface area contributed by atoms with Crippen LogP contribution in [0.5, 0.6) is 11.5 Å². The second-order valence-electron chi connectivity index (χ2n) is 3.96. The Kier molecular flexibility index (Phi) is 4.47. The van der Waals surface area contributed by atoms with Gasteiger partial charge >= 0.3 is 0 Å². The lowest BCUT2D eigenvalue weighted by atomic mass is 10.2. The van der Waals surface area contributed by atoms with Gasteiger partial charge in [-0.1, -0.05) is 11.6 Å². The minimum absolute atomic E-state index is 0.226. The van der Waals surface area contributed by atoms with Crippen molar-refractivity contribution in [2.45, 2.75) is 6.54 Å². The van der Waals surface area contributed by atoms with Gasteiger partial charge in [0.05, 0.1) is 14.2 Å². The molecule has 1 aromatic heterocycles. The van der Waals surface area contributed by atoms with E-state index in [4.69, 9.17) is 26.8 Å². The molecule has 0 atom stereocenters. The Bertz CT molecular complexity index is 607. The molecule has 6 nitrogen and oxygen atoms in total. The summed E-state index contributed by atoms with van der Waals surface area (Å²) in [5.41, 5.74) is 7.06. The molecule has 0 unspecified atom stereocenters. The average Bonchev–Trinajstić information content (AvgIpc) is 2.48. The van der Waals surface area contributed by atoms with Crippen molar-refractivity contribution >= 4 is 23.1 Å². The van der Waals surface area contributed by atoms with E-state index in [0.717, 1.165) is 17.1 Å². The first-order valence-corrected chi connectivity index (χ1v) is 6.24. The zero-order chi connectivity index (χ0) is 14.5. The van der Waals surface area contributed by atoms with Crippen LogP contribution in [-0.2, 0) is 6.54 Å². The maximum absolute atomic E-state index is 5.84. The molecular formula is C13H15ClN4O2. The van der Waals surface area contributed by atoms with Crippen LogP contribution in [0.4, 0.5) is 11.5 Å². The number of hydrogen-bond acceptors (Lipinski definition) is 6. The van der Waals surface area contributed by atoms with E-state index in [2.05, 4.69) is 15.3 Å². The van der Waals surface area contributed by atoms with Gasteiger partial charge < -0.3 is 20.5 Å². The Morgan fingerprint density at radius 1 is 1.25 bits per heavy atom. The molecule has 7 heteroatoms. The largest absolute Gasteiger partial charge is 0.497 e. The minimum Gasteiger partial charge on any atom is -0.497 e. The van der Waals surface area contributed by atoms with Gasteiger partial charge in [-0.3, -0.25) is 0 Å². The van der Waals surface area contributed by atoms with Crippen LogP contribution in [0.2, 0.25) is 5.15 Å². The van der Waals surface area contributed by atoms with E-state index >= 15 is 0 Å². The Balaban J connectivity index is 2.16. The van der Waals surface area contributed by atoms with Crippen molar-refractivity contribution in [3.8, 4) is 11.5 Å². The highest BCUT2D eigenvalue weighted by atomic mass is 35.5. The minimum atomic E-state index is 0.226. The number of benzene rings is 1. The molecule has 1 heterocycles. The zero-order valence-electron chi connectivity index (χ0n) is 11.2. The summed E-state index contributed by atoms with van der Waals surface area (Å²) in [5.74, 6) is 1.94. The molecule has 0 aliphatic carbocycles. The van der Waals surface area contributed by atoms with Gasteiger partial charge in [0.15, 0.2) is 11.0 Å². The molecule has 0 aliphatic rings. The maximum atomic E-state index is 5.84. The molecule has 2 aromatic rings. The lowest BCUT2D eigenvalue weighted by molar-refractivity contribution is 0.391. The monoisotopic (exact) mass is 294 g/mol. The normalized spacial score (nSPS) is 10.2. The molecule has 2 rings (SSSR count). The van der Waals surface area contributed by atoms with E-state index < -0.39 is 0 Å². The topological polar surface area (TPSA) is 82.3 Å². The number of nitrogens with one attached hydrogen (secondary N) is 1. The van der Waals surface area contributed by atoms with Crippen LogP contribution in [0.15, 0.2) is 24.5 Å². The van der Waals surface area contributed by atoms with E-state index in [1.54, 1.807) is 14.2 Å². The number of hydrogen-bond donors (Lipinski definition) is 2. The highest BCUT2D eigenvalue weighted by Gasteiger charge is 2.08. The van der Waals surface area contributed by atoms with Gasteiger partial charge in [0, 0.05) is 18.2 Å². The third-order valence-electron chi connectivity index (χ3n) is 2.78. The Morgan fingerprint density at radius 2 is 2.05 bits per heavy atom. The smallest absolute Gasteiger partial charge is 0.157 e. The van der Waals surface area contributed by atoms with Crippen molar-refractivity contribution in [1.29, 1.82) is 0 Å². The highest BCUT2D eigenvalue weighted by molar-refractivity contribution is 6.32. The van der Waals surface area contributed by atoms with Crippen molar-refractivity contribution in [2.24, 2.45) is 0 Å². The summed E-state index contributed by atoms with van der Waals surface area (Å²) in [7, 11) is 3.21. The summed E-state index contributed by atoms with van der Waals surface area (Å²) in [4.78, 5) is 7.85. The fraction of sp³-hybridized carbons (Fsp3) is 0.231. The second kappa shape index (κ2) is 6.29. The number of methoxy groups -OCH3 is 2. The van der Waals surface area contributed by atoms with E-state index in [1.807, 2.05) is 18.2 Å². The van der Waals surface area contributed by atoms with Gasteiger partial charge in [-0.15, -0.1) is 0 Å². The average molecular weight is 295 g/mol. The Hall–Kier alpha value is -2.21. The quantitative estimate of drug-likeness (QED) is 0.824. The highest BCUT2D eigenvalue weighted by Crippen LogP contribution is 2.27. The van der Waals surface area contributed by atoms with Crippen LogP contribution in [-0.4, -0.2) is 24.2 Å². The number of halogens is 1. The zero-order valence-corrected chi connectivity index (χ0v) is 11.9. The molecule has 0 radical (unpaired) electrons. The molecule has 3 N–H and O–H groups in total. The summed E-state index contributed by atoms with van der Waals surface area (Å²) in [6, 6.07) is 5.58. The van der Waals surface area contributed by atoms with Gasteiger partial charge in [-0.05, 0) is 12.1 Å². The SMILES string of the molecule is COc1ccc(CNc2ncnc(Cl)c2N)c(OC)c1. The Morgan fingerprint density at radius 3 is 2.75 bits per heavy atom. The van der Waals surface area contributed by atoms with E-state index in [1.165, 1.54) is 6.33 Å². The number of ether oxygens (including phenoxy) is 2. The van der Waals surface area contributed by atoms with Crippen LogP contribution >= 0.6 is 11.6 Å². The van der Waals surface area contributed by atoms with Gasteiger partial charge in [0.25, 0.3) is 0 Å². The molecule has 0 bridgehead atoms. The van der Waals surface area contributed by atoms with E-state index in [0.29, 0.717) is 18.1 Å². The molecule has 0 aliphatic heterocycles. The predicted molar refractivity (Wildman–Crippen MR) is 78.3 cm³/mol. The van der Waals surface area contributed by atoms with E-state index in [-0.39, 0.29) is 5.15 Å². The van der Waals surface area contributed by atoms with Crippen molar-refractivity contribution < 1.29 is 9.47 Å². The number of nitrogen functional groups attached to an aromatic ring is 1. The summed E-state index contributed by atoms with van der Waals surface area (Å²) in [6.45, 7) is 0.491. The summed E-state index contributed by atoms with van der Waals surface area (Å²) < 4.78 is 10.5. The van der Waals surface area contributed by atoms with Crippen LogP contribution in [0.3, 0.4) is 0 Å². The number of nitrogens with two attached hydrogens (primary N) is 1. The molecule has 0 fully saturated rings. The fourth-order valence-corrected chi connectivity index (χ4v) is 1.82. The number of nitrogens with zero attached hydrogens (tertiary/aromatic N) is 2. The number of aromatic nitrogens is 2. The lowest BCUT2D eigenvalue weighted by Gasteiger charge is -2.12. The fourth-order valence-electron chi connectivity index (χ4n) is 1.69. The predicted octanol–water partition coefficient (Wildman–Crippen LogP) is 2.34. The van der Waals surface area contributed by atoms with Crippen LogP contribution in [0.1, 0.15) is 5.56 Å². The van der Waals surface area contributed by atoms with Crippen molar-refractivity contribution in [3.05, 3.63) is 35.2 Å². The first-order valence-electron chi connectivity index (χ1n) is 5.86. The second-order valence-corrected chi connectivity index (χ2v) is 4.32. The number of anilines is 2. The summed E-state index contributed by atoms with van der Waals surface area (Å²) >= 11 is 5.84. The summed E-state index contributed by atoms with van der Waals surface area (Å²) in [5, 5.41) is 3.33. The van der Waals surface area contributed by atoms with Crippen LogP contribution in [0.25, 0.3) is 0 Å². The molecule has 0 amide bonds. The molecule has 0 saturated heterocycles. The molecule has 0 saturated carbocycles.